The molecule has 0 aromatic heterocycles. The van der Waals surface area contributed by atoms with E-state index in [9.17, 15) is 33.1 Å². The summed E-state index contributed by atoms with van der Waals surface area (Å²) in [6, 6.07) is -0.861. The van der Waals surface area contributed by atoms with Crippen LogP contribution in [0.2, 0.25) is 0 Å². The molecule has 12 heteroatoms. The van der Waals surface area contributed by atoms with E-state index >= 15 is 0 Å². The Balaban J connectivity index is 2.29. The monoisotopic (exact) mass is 643 g/mol. The molecule has 2 saturated carbocycles. The third-order valence-corrected chi connectivity index (χ3v) is 9.18. The number of hydrazine groups is 1. The Morgan fingerprint density at radius 1 is 0.844 bits per heavy atom. The van der Waals surface area contributed by atoms with Crippen LogP contribution >= 0.6 is 0 Å². The Kier molecular flexibility index (Phi) is 16.7. The fraction of sp³-hybridized carbons (Fsp3) is 0.879. The van der Waals surface area contributed by atoms with Crippen molar-refractivity contribution in [1.82, 2.24) is 20.7 Å². The quantitative estimate of drug-likeness (QED) is 0.168. The van der Waals surface area contributed by atoms with Crippen molar-refractivity contribution in [2.45, 2.75) is 130 Å². The van der Waals surface area contributed by atoms with Gasteiger partial charge in [0.25, 0.3) is 0 Å². The molecule has 2 aliphatic carbocycles. The lowest BCUT2D eigenvalue weighted by Gasteiger charge is -2.37. The van der Waals surface area contributed by atoms with Crippen molar-refractivity contribution in [3.63, 3.8) is 0 Å². The molecule has 2 rings (SSSR count). The molecule has 10 nitrogen and oxygen atoms in total. The van der Waals surface area contributed by atoms with Gasteiger partial charge in [0.05, 0.1) is 12.1 Å². The summed E-state index contributed by atoms with van der Waals surface area (Å²) in [5.41, 5.74) is 8.54. The van der Waals surface area contributed by atoms with E-state index in [1.54, 1.807) is 23.8 Å². The first-order chi connectivity index (χ1) is 21.3. The highest BCUT2D eigenvalue weighted by atomic mass is 19.1. The van der Waals surface area contributed by atoms with E-state index in [0.717, 1.165) is 25.7 Å². The lowest BCUT2D eigenvalue weighted by Crippen LogP contribution is -2.55. The number of carbonyl (C=O) groups excluding carboxylic acids is 4. The number of hydrogen-bond acceptors (Lipinski definition) is 6. The van der Waals surface area contributed by atoms with Crippen LogP contribution < -0.4 is 16.5 Å². The first-order valence-corrected chi connectivity index (χ1v) is 17.2. The second-order valence-electron chi connectivity index (χ2n) is 13.6. The normalized spacial score (nSPS) is 26.7. The first kappa shape index (κ1) is 38.8. The van der Waals surface area contributed by atoms with Gasteiger partial charge in [-0.3, -0.25) is 24.6 Å². The lowest BCUT2D eigenvalue weighted by molar-refractivity contribution is -0.141. The summed E-state index contributed by atoms with van der Waals surface area (Å²) < 4.78 is 28.7. The zero-order valence-electron chi connectivity index (χ0n) is 28.1. The molecular weight excluding hydrogens is 584 g/mol. The number of carbonyl (C=O) groups is 4. The molecule has 45 heavy (non-hydrogen) atoms. The van der Waals surface area contributed by atoms with E-state index in [1.165, 1.54) is 0 Å². The maximum atomic E-state index is 14.3. The Morgan fingerprint density at radius 3 is 1.96 bits per heavy atom. The number of hydrogen-bond donors (Lipinski definition) is 4. The van der Waals surface area contributed by atoms with Crippen LogP contribution in [0.15, 0.2) is 0 Å². The van der Waals surface area contributed by atoms with E-state index in [2.05, 4.69) is 10.7 Å². The topological polar surface area (TPSA) is 145 Å². The number of nitrogens with zero attached hydrogens (tertiary/aromatic N) is 2. The highest BCUT2D eigenvalue weighted by molar-refractivity contribution is 5.85. The Labute approximate surface area is 268 Å². The number of aliphatic hydroxyl groups excluding tert-OH is 1. The molecule has 0 spiro atoms. The molecule has 2 fully saturated rings. The third kappa shape index (κ3) is 12.8. The minimum atomic E-state index is -1.30. The fourth-order valence-electron chi connectivity index (χ4n) is 6.73. The molecule has 4 amide bonds. The van der Waals surface area contributed by atoms with E-state index in [-0.39, 0.29) is 69.2 Å². The predicted molar refractivity (Wildman–Crippen MR) is 170 cm³/mol. The Hall–Kier alpha value is -2.34. The minimum absolute atomic E-state index is 0.00686. The van der Waals surface area contributed by atoms with Gasteiger partial charge in [0.2, 0.25) is 23.6 Å². The second kappa shape index (κ2) is 19.4. The Bertz CT molecular complexity index is 940. The van der Waals surface area contributed by atoms with Crippen molar-refractivity contribution in [3.8, 4) is 0 Å². The number of nitrogens with one attached hydrogen (secondary N) is 2. The van der Waals surface area contributed by atoms with Gasteiger partial charge in [0, 0.05) is 56.3 Å². The van der Waals surface area contributed by atoms with Gasteiger partial charge in [0.1, 0.15) is 12.3 Å². The van der Waals surface area contributed by atoms with Gasteiger partial charge >= 0.3 is 0 Å². The van der Waals surface area contributed by atoms with Crippen LogP contribution in [0.4, 0.5) is 8.78 Å². The van der Waals surface area contributed by atoms with Crippen LogP contribution in [0.3, 0.4) is 0 Å². The standard InChI is InChI=1S/C33H59F2N5O5/c1-6-9-12-40(38-31(43)21(4)5)20-29(41)28(15-22-13-26(34)19-27(35)14-22)37-32(44)24-16-23(30(36)42)17-25(18-24)33(45)39(10-7-2)11-8-3/h21-29,41H,6-20H2,1-5H3,(H2,36,42)(H,37,44)(H,38,43). The zero-order chi connectivity index (χ0) is 33.7. The Morgan fingerprint density at radius 2 is 1.42 bits per heavy atom. The zero-order valence-corrected chi connectivity index (χ0v) is 28.1. The maximum absolute atomic E-state index is 14.3. The minimum Gasteiger partial charge on any atom is -0.390 e. The highest BCUT2D eigenvalue weighted by Crippen LogP contribution is 2.36. The summed E-state index contributed by atoms with van der Waals surface area (Å²) >= 11 is 0. The van der Waals surface area contributed by atoms with Crippen molar-refractivity contribution in [2.75, 3.05) is 26.2 Å². The van der Waals surface area contributed by atoms with Gasteiger partial charge in [-0.2, -0.15) is 0 Å². The number of rotatable bonds is 18. The number of alkyl halides is 2. The SMILES string of the molecule is CCCCN(CC(O)C(CC1CC(F)CC(F)C1)NC(=O)C1CC(C(N)=O)CC(C(=O)N(CCC)CCC)C1)NC(=O)C(C)C. The summed E-state index contributed by atoms with van der Waals surface area (Å²) in [5.74, 6) is -3.83. The average Bonchev–Trinajstić information content (AvgIpc) is 2.98. The number of aliphatic hydroxyl groups is 1. The summed E-state index contributed by atoms with van der Waals surface area (Å²) in [7, 11) is 0. The van der Waals surface area contributed by atoms with Gasteiger partial charge in [-0.1, -0.05) is 41.0 Å². The number of primary amides is 1. The largest absolute Gasteiger partial charge is 0.390 e. The molecule has 260 valence electrons. The van der Waals surface area contributed by atoms with Crippen LogP contribution in [-0.4, -0.2) is 89.3 Å². The van der Waals surface area contributed by atoms with Gasteiger partial charge in [-0.15, -0.1) is 0 Å². The van der Waals surface area contributed by atoms with Crippen LogP contribution in [0.5, 0.6) is 0 Å². The van der Waals surface area contributed by atoms with Crippen molar-refractivity contribution in [3.05, 3.63) is 0 Å². The summed E-state index contributed by atoms with van der Waals surface area (Å²) in [6.07, 6.45) is 0.436. The summed E-state index contributed by atoms with van der Waals surface area (Å²) in [6.45, 7) is 11.2. The van der Waals surface area contributed by atoms with Crippen molar-refractivity contribution in [1.29, 1.82) is 0 Å². The molecular formula is C33H59F2N5O5. The maximum Gasteiger partial charge on any atom is 0.236 e. The molecule has 2 aliphatic rings. The summed E-state index contributed by atoms with van der Waals surface area (Å²) in [5, 5.41) is 16.1. The van der Waals surface area contributed by atoms with Gasteiger partial charge < -0.3 is 21.1 Å². The first-order valence-electron chi connectivity index (χ1n) is 17.2. The predicted octanol–water partition coefficient (Wildman–Crippen LogP) is 3.65. The summed E-state index contributed by atoms with van der Waals surface area (Å²) in [4.78, 5) is 53.9. The van der Waals surface area contributed by atoms with Crippen molar-refractivity contribution < 1.29 is 33.1 Å². The number of amides is 4. The lowest BCUT2D eigenvalue weighted by atomic mass is 9.73. The number of nitrogens with two attached hydrogens (primary N) is 1. The van der Waals surface area contributed by atoms with Crippen LogP contribution in [0.25, 0.3) is 0 Å². The molecule has 0 radical (unpaired) electrons. The molecule has 7 atom stereocenters. The fourth-order valence-corrected chi connectivity index (χ4v) is 6.73. The molecule has 0 bridgehead atoms. The molecule has 5 N–H and O–H groups in total. The van der Waals surface area contributed by atoms with E-state index in [0.29, 0.717) is 19.6 Å². The van der Waals surface area contributed by atoms with Crippen molar-refractivity contribution in [2.24, 2.45) is 35.3 Å². The molecule has 7 unspecified atom stereocenters. The molecule has 0 aromatic rings. The average molecular weight is 644 g/mol. The van der Waals surface area contributed by atoms with Crippen LogP contribution in [0.1, 0.15) is 105 Å². The molecule has 0 saturated heterocycles. The van der Waals surface area contributed by atoms with E-state index in [1.807, 2.05) is 20.8 Å². The smallest absolute Gasteiger partial charge is 0.236 e. The molecule has 0 aliphatic heterocycles. The van der Waals surface area contributed by atoms with E-state index in [4.69, 9.17) is 5.73 Å². The van der Waals surface area contributed by atoms with Crippen molar-refractivity contribution >= 4 is 23.6 Å². The van der Waals surface area contributed by atoms with Gasteiger partial charge in [0.15, 0.2) is 0 Å². The van der Waals surface area contributed by atoms with E-state index < -0.39 is 60.0 Å². The second-order valence-corrected chi connectivity index (χ2v) is 13.6. The highest BCUT2D eigenvalue weighted by Gasteiger charge is 2.41. The number of unbranched alkanes of at least 4 members (excludes halogenated alkanes) is 1. The molecule has 0 heterocycles. The third-order valence-electron chi connectivity index (χ3n) is 9.18. The van der Waals surface area contributed by atoms with Crippen LogP contribution in [-0.2, 0) is 19.2 Å². The van der Waals surface area contributed by atoms with Gasteiger partial charge in [-0.25, -0.2) is 13.8 Å². The van der Waals surface area contributed by atoms with Crippen LogP contribution in [0, 0.1) is 29.6 Å². The van der Waals surface area contributed by atoms with Gasteiger partial charge in [-0.05, 0) is 63.7 Å². The molecule has 0 aromatic carbocycles. The number of halogens is 2.